The number of aliphatic carboxylic acids is 1. The number of carboxylic acids is 1. The number of aromatic nitrogens is 3. The van der Waals surface area contributed by atoms with E-state index in [1.165, 1.54) is 67.0 Å². The van der Waals surface area contributed by atoms with Gasteiger partial charge >= 0.3 is 5.97 Å². The zero-order valence-electron chi connectivity index (χ0n) is 49.0. The van der Waals surface area contributed by atoms with Crippen LogP contribution in [0.3, 0.4) is 0 Å². The van der Waals surface area contributed by atoms with Crippen LogP contribution in [0.5, 0.6) is 0 Å². The van der Waals surface area contributed by atoms with E-state index in [1.54, 1.807) is 12.1 Å². The second kappa shape index (κ2) is 31.6. The van der Waals surface area contributed by atoms with Crippen molar-refractivity contribution in [3.63, 3.8) is 0 Å². The number of likely N-dealkylation sites (tertiary alicyclic amines) is 2. The van der Waals surface area contributed by atoms with E-state index in [4.69, 9.17) is 0 Å². The molecule has 4 atom stereocenters. The summed E-state index contributed by atoms with van der Waals surface area (Å²) in [5, 5.41) is 49.3. The molecule has 92 heavy (non-hydrogen) atoms. The highest BCUT2D eigenvalue weighted by Crippen LogP contribution is 2.33. The molecule has 3 aromatic heterocycles. The number of unbranched alkanes of at least 4 members (excludes halogenated alkanes) is 2. The average Bonchev–Trinajstić information content (AvgIpc) is 1.05. The summed E-state index contributed by atoms with van der Waals surface area (Å²) in [6.07, 6.45) is 0.988. The van der Waals surface area contributed by atoms with Gasteiger partial charge in [0, 0.05) is 81.0 Å². The number of pyridine rings is 3. The molecule has 32 heteroatoms. The van der Waals surface area contributed by atoms with Gasteiger partial charge in [-0.3, -0.25) is 57.9 Å². The van der Waals surface area contributed by atoms with Crippen molar-refractivity contribution in [2.45, 2.75) is 113 Å². The van der Waals surface area contributed by atoms with E-state index in [-0.39, 0.29) is 114 Å². The van der Waals surface area contributed by atoms with Crippen LogP contribution in [-0.2, 0) is 38.4 Å². The van der Waals surface area contributed by atoms with Crippen LogP contribution in [0, 0.1) is 28.6 Å². The first-order chi connectivity index (χ1) is 43.8. The molecule has 2 unspecified atom stereocenters. The molecular weight excluding hydrogens is 1220 g/mol. The molecule has 5 aromatic rings. The quantitative estimate of drug-likeness (QED) is 0.0188. The van der Waals surface area contributed by atoms with Crippen molar-refractivity contribution in [1.82, 2.24) is 56.7 Å². The van der Waals surface area contributed by atoms with Crippen LogP contribution in [0.1, 0.15) is 108 Å². The topological polar surface area (TPSA) is 397 Å². The van der Waals surface area contributed by atoms with Gasteiger partial charge in [0.05, 0.1) is 77.4 Å². The van der Waals surface area contributed by atoms with E-state index in [2.05, 4.69) is 57.5 Å². The standard InChI is InChI=1S/C60H62F5N15O12/c61-45-14-13-34(29-72-45)54(87)71-22-4-2-10-44(58(91)92)78-57(90)43(77-49(84)18-17-48(83)76-42-12-6-8-38-40(20-24-70-53(38)42)56(89)74-31-51(86)80-33-60(64,65)26-36(80)28-67)9-1-3-21-68-46(81)15-16-47(82)75-41-11-5-7-37-39(19-23-69-52(37)41)55(88)73-30-50(85)79-32-59(62,63)25-35(79)27-66/h5-8,11-14,19-20,23-24,29,35-36,43-44H,1-4,9-10,15-18,21-22,25-26,30-33H2,(H,68,81)(H,71,87)(H,73,88)(H,74,89)(H,75,82)(H,76,83)(H,77,84)(H,78,90)(H,91,92)/t35-,36-,43?,44?/m0/s1/i61-1. The van der Waals surface area contributed by atoms with Crippen LogP contribution in [0.4, 0.5) is 33.3 Å². The van der Waals surface area contributed by atoms with Crippen molar-refractivity contribution in [3.05, 3.63) is 102 Å². The number of amides is 10. The van der Waals surface area contributed by atoms with Crippen molar-refractivity contribution in [1.29, 1.82) is 10.5 Å². The minimum absolute atomic E-state index is 0.00216. The zero-order valence-corrected chi connectivity index (χ0v) is 49.0. The van der Waals surface area contributed by atoms with Gasteiger partial charge in [-0.15, -0.1) is 0 Å². The molecule has 0 bridgehead atoms. The van der Waals surface area contributed by atoms with Crippen LogP contribution in [0.2, 0.25) is 0 Å². The minimum Gasteiger partial charge on any atom is -0.480 e. The lowest BCUT2D eigenvalue weighted by atomic mass is 10.1. The van der Waals surface area contributed by atoms with Gasteiger partial charge < -0.3 is 57.4 Å². The fourth-order valence-corrected chi connectivity index (χ4v) is 10.1. The molecule has 2 fully saturated rings. The first-order valence-electron chi connectivity index (χ1n) is 28.9. The number of nitriles is 2. The third-order valence-corrected chi connectivity index (χ3v) is 14.7. The fraction of sp³-hybridized carbons (Fsp3) is 0.400. The monoisotopic (exact) mass is 1280 g/mol. The van der Waals surface area contributed by atoms with E-state index in [0.29, 0.717) is 9.80 Å². The number of benzene rings is 2. The Hall–Kier alpha value is -10.8. The lowest BCUT2D eigenvalue weighted by Crippen LogP contribution is -2.51. The van der Waals surface area contributed by atoms with Gasteiger partial charge in [-0.1, -0.05) is 24.3 Å². The summed E-state index contributed by atoms with van der Waals surface area (Å²) >= 11 is 0. The number of para-hydroxylation sites is 2. The Morgan fingerprint density at radius 3 is 1.52 bits per heavy atom. The number of halogens is 5. The number of nitrogens with zero attached hydrogens (tertiary/aromatic N) is 7. The van der Waals surface area contributed by atoms with Crippen LogP contribution >= 0.6 is 0 Å². The molecule has 7 rings (SSSR count). The maximum atomic E-state index is 14.0. The summed E-state index contributed by atoms with van der Waals surface area (Å²) < 4.78 is 68.9. The second-order valence-corrected chi connectivity index (χ2v) is 21.5. The van der Waals surface area contributed by atoms with Crippen molar-refractivity contribution in [3.8, 4) is 12.1 Å². The molecule has 2 aromatic carbocycles. The second-order valence-electron chi connectivity index (χ2n) is 21.5. The SMILES string of the molecule is N#C[C@@H]1CC(F)(F)CN1C(=O)CNC(=O)c1ccnc2c(NC(=O)CCC(=O)NCCCCC(NC(=O)CCC(=O)Nc3cccc4c(C(=O)NCC(=O)N5CC(F)(F)C[C@H]5C#N)ccnc34)C(=O)NC(CCCCNC(=O)c3ccc([18F])nc3)C(=O)O)cccc12. The summed E-state index contributed by atoms with van der Waals surface area (Å²) in [6.45, 7) is -3.19. The normalized spacial score (nSPS) is 16.0. The number of carbonyl (C=O) groups excluding carboxylic acids is 10. The van der Waals surface area contributed by atoms with Crippen molar-refractivity contribution in [2.24, 2.45) is 0 Å². The molecule has 2 saturated heterocycles. The van der Waals surface area contributed by atoms with Crippen molar-refractivity contribution >= 4 is 98.2 Å². The lowest BCUT2D eigenvalue weighted by Gasteiger charge is -2.22. The number of carbonyl (C=O) groups is 11. The third-order valence-electron chi connectivity index (χ3n) is 14.7. The third kappa shape index (κ3) is 19.1. The van der Waals surface area contributed by atoms with Crippen LogP contribution in [-0.4, -0.2) is 170 Å². The Kier molecular flexibility index (Phi) is 23.6. The van der Waals surface area contributed by atoms with Gasteiger partial charge in [0.2, 0.25) is 47.3 Å². The predicted molar refractivity (Wildman–Crippen MR) is 314 cm³/mol. The highest BCUT2D eigenvalue weighted by Gasteiger charge is 2.48. The van der Waals surface area contributed by atoms with E-state index in [0.717, 1.165) is 12.3 Å². The van der Waals surface area contributed by atoms with Gasteiger partial charge in [-0.05, 0) is 74.9 Å². The number of anilines is 2. The molecule has 27 nitrogen and oxygen atoms in total. The molecule has 5 heterocycles. The van der Waals surface area contributed by atoms with Crippen LogP contribution in [0.25, 0.3) is 21.8 Å². The Balaban J connectivity index is 0.900. The number of fused-ring (bicyclic) bond motifs is 2. The molecule has 10 amide bonds. The summed E-state index contributed by atoms with van der Waals surface area (Å²) in [4.78, 5) is 157. The van der Waals surface area contributed by atoms with Crippen molar-refractivity contribution < 1.29 is 79.8 Å². The number of nitrogens with one attached hydrogen (secondary N) is 8. The number of carboxylic acid groups (broad SMARTS) is 1. The van der Waals surface area contributed by atoms with E-state index in [9.17, 15) is 90.3 Å². The zero-order chi connectivity index (χ0) is 66.7. The average molecular weight is 1280 g/mol. The molecule has 484 valence electrons. The number of rotatable bonds is 29. The highest BCUT2D eigenvalue weighted by atomic mass is 19.3. The largest absolute Gasteiger partial charge is 0.480 e. The Bertz CT molecular complexity index is 3740. The lowest BCUT2D eigenvalue weighted by molar-refractivity contribution is -0.142. The summed E-state index contributed by atoms with van der Waals surface area (Å²) in [6, 6.07) is 11.7. The Morgan fingerprint density at radius 1 is 0.565 bits per heavy atom. The van der Waals surface area contributed by atoms with E-state index in [1.807, 2.05) is 0 Å². The van der Waals surface area contributed by atoms with Gasteiger partial charge in [0.15, 0.2) is 0 Å². The Labute approximate surface area is 520 Å². The minimum atomic E-state index is -3.27. The smallest absolute Gasteiger partial charge is 0.326 e. The molecular formula is C60H62F5N15O12. The van der Waals surface area contributed by atoms with Gasteiger partial charge in [0.25, 0.3) is 29.6 Å². The van der Waals surface area contributed by atoms with Crippen LogP contribution < -0.4 is 42.5 Å². The molecule has 2 aliphatic heterocycles. The molecule has 0 spiro atoms. The fourth-order valence-electron chi connectivity index (χ4n) is 10.1. The van der Waals surface area contributed by atoms with Gasteiger partial charge in [-0.2, -0.15) is 14.9 Å². The summed E-state index contributed by atoms with van der Waals surface area (Å²) in [5.74, 6) is -16.1. The number of alkyl halides is 4. The molecule has 9 N–H and O–H groups in total. The van der Waals surface area contributed by atoms with Crippen molar-refractivity contribution in [2.75, 3.05) is 49.9 Å². The van der Waals surface area contributed by atoms with E-state index < -0.39 is 159 Å². The highest BCUT2D eigenvalue weighted by molar-refractivity contribution is 6.12. The van der Waals surface area contributed by atoms with Crippen LogP contribution in [0.15, 0.2) is 79.3 Å². The first-order valence-corrected chi connectivity index (χ1v) is 28.9. The number of hydrogen-bond donors (Lipinski definition) is 9. The predicted octanol–water partition coefficient (Wildman–Crippen LogP) is 3.37. The number of hydrogen-bond acceptors (Lipinski definition) is 16. The Morgan fingerprint density at radius 2 is 1.04 bits per heavy atom. The maximum absolute atomic E-state index is 14.0. The van der Waals surface area contributed by atoms with Gasteiger partial charge in [-0.25, -0.2) is 27.3 Å². The molecule has 0 aliphatic carbocycles. The molecule has 2 aliphatic rings. The maximum Gasteiger partial charge on any atom is 0.326 e. The first kappa shape index (κ1) is 68.7. The summed E-state index contributed by atoms with van der Waals surface area (Å²) in [5.41, 5.74) is 0.699. The van der Waals surface area contributed by atoms with Gasteiger partial charge in [0.1, 0.15) is 24.2 Å². The van der Waals surface area contributed by atoms with E-state index >= 15 is 0 Å². The molecule has 0 saturated carbocycles. The summed E-state index contributed by atoms with van der Waals surface area (Å²) in [7, 11) is 0. The molecule has 0 radical (unpaired) electrons.